The normalized spacial score (nSPS) is 12.7. The minimum Gasteiger partial charge on any atom is -0.472 e. The maximum atomic E-state index is 6.09. The van der Waals surface area contributed by atoms with Crippen LogP contribution in [-0.2, 0) is 0 Å². The number of hydrogen-bond donors (Lipinski definition) is 0. The Morgan fingerprint density at radius 3 is 2.67 bits per heavy atom. The van der Waals surface area contributed by atoms with Crippen molar-refractivity contribution < 1.29 is 4.42 Å². The Balaban J connectivity index is 2.41. The lowest BCUT2D eigenvalue weighted by Gasteiger charge is -2.10. The molecule has 2 aromatic rings. The summed E-state index contributed by atoms with van der Waals surface area (Å²) in [5, 5.41) is 1.35. The summed E-state index contributed by atoms with van der Waals surface area (Å²) in [7, 11) is 0. The molecule has 0 aliphatic rings. The maximum absolute atomic E-state index is 6.09. The maximum Gasteiger partial charge on any atom is 0.0949 e. The largest absolute Gasteiger partial charge is 0.472 e. The van der Waals surface area contributed by atoms with Gasteiger partial charge < -0.3 is 4.42 Å². The van der Waals surface area contributed by atoms with Crippen LogP contribution in [0.1, 0.15) is 16.0 Å². The highest BCUT2D eigenvalue weighted by Gasteiger charge is 2.15. The smallest absolute Gasteiger partial charge is 0.0949 e. The van der Waals surface area contributed by atoms with Crippen LogP contribution in [0.5, 0.6) is 0 Å². The molecule has 1 nitrogen and oxygen atoms in total. The number of benzene rings is 1. The van der Waals surface area contributed by atoms with Gasteiger partial charge in [-0.1, -0.05) is 39.1 Å². The van der Waals surface area contributed by atoms with E-state index in [1.54, 1.807) is 24.7 Å². The summed E-state index contributed by atoms with van der Waals surface area (Å²) in [5.74, 6) is 0. The van der Waals surface area contributed by atoms with Crippen LogP contribution in [0.2, 0.25) is 10.0 Å². The van der Waals surface area contributed by atoms with E-state index in [2.05, 4.69) is 15.9 Å². The van der Waals surface area contributed by atoms with Crippen molar-refractivity contribution >= 4 is 39.1 Å². The highest BCUT2D eigenvalue weighted by atomic mass is 79.9. The van der Waals surface area contributed by atoms with Gasteiger partial charge in [0.2, 0.25) is 0 Å². The standard InChI is InChI=1S/C11H7BrCl2O/c12-11(7-3-4-15-6-7)9-5-8(13)1-2-10(9)14/h1-6,11H. The second-order valence-electron chi connectivity index (χ2n) is 3.09. The van der Waals surface area contributed by atoms with E-state index >= 15 is 0 Å². The summed E-state index contributed by atoms with van der Waals surface area (Å²) in [5.41, 5.74) is 1.95. The summed E-state index contributed by atoms with van der Waals surface area (Å²) in [6.07, 6.45) is 3.30. The van der Waals surface area contributed by atoms with Crippen LogP contribution in [0.25, 0.3) is 0 Å². The van der Waals surface area contributed by atoms with E-state index in [-0.39, 0.29) is 4.83 Å². The number of halogens is 3. The molecule has 0 N–H and O–H groups in total. The van der Waals surface area contributed by atoms with E-state index in [1.807, 2.05) is 12.1 Å². The third kappa shape index (κ3) is 2.39. The first kappa shape index (κ1) is 11.1. The number of hydrogen-bond acceptors (Lipinski definition) is 1. The SMILES string of the molecule is Clc1ccc(Cl)c(C(Br)c2ccoc2)c1. The summed E-state index contributed by atoms with van der Waals surface area (Å²) in [6, 6.07) is 7.28. The molecule has 2 rings (SSSR count). The van der Waals surface area contributed by atoms with Gasteiger partial charge in [0.05, 0.1) is 17.4 Å². The van der Waals surface area contributed by atoms with E-state index in [1.165, 1.54) is 0 Å². The van der Waals surface area contributed by atoms with Gasteiger partial charge in [0.25, 0.3) is 0 Å². The van der Waals surface area contributed by atoms with Crippen LogP contribution in [-0.4, -0.2) is 0 Å². The molecule has 0 radical (unpaired) electrons. The monoisotopic (exact) mass is 304 g/mol. The van der Waals surface area contributed by atoms with Crippen molar-refractivity contribution in [1.29, 1.82) is 0 Å². The van der Waals surface area contributed by atoms with E-state index in [0.717, 1.165) is 11.1 Å². The van der Waals surface area contributed by atoms with Gasteiger partial charge in [-0.15, -0.1) is 0 Å². The van der Waals surface area contributed by atoms with Crippen molar-refractivity contribution in [2.45, 2.75) is 4.83 Å². The molecule has 0 aliphatic heterocycles. The zero-order valence-electron chi connectivity index (χ0n) is 7.58. The van der Waals surface area contributed by atoms with Gasteiger partial charge in [-0.3, -0.25) is 0 Å². The van der Waals surface area contributed by atoms with Gasteiger partial charge in [-0.05, 0) is 29.8 Å². The Hall–Kier alpha value is -0.440. The van der Waals surface area contributed by atoms with Crippen molar-refractivity contribution in [3.05, 3.63) is 58.0 Å². The predicted molar refractivity (Wildman–Crippen MR) is 65.9 cm³/mol. The van der Waals surface area contributed by atoms with Crippen molar-refractivity contribution in [3.8, 4) is 0 Å². The minimum atomic E-state index is 0.00227. The van der Waals surface area contributed by atoms with Gasteiger partial charge in [-0.2, -0.15) is 0 Å². The quantitative estimate of drug-likeness (QED) is 0.706. The predicted octanol–water partition coefficient (Wildman–Crippen LogP) is 5.07. The van der Waals surface area contributed by atoms with Gasteiger partial charge in [0, 0.05) is 15.6 Å². The van der Waals surface area contributed by atoms with Crippen LogP contribution < -0.4 is 0 Å². The van der Waals surface area contributed by atoms with E-state index in [4.69, 9.17) is 27.6 Å². The van der Waals surface area contributed by atoms with Gasteiger partial charge >= 0.3 is 0 Å². The number of furan rings is 1. The third-order valence-corrected chi connectivity index (χ3v) is 3.67. The van der Waals surface area contributed by atoms with E-state index in [0.29, 0.717) is 10.0 Å². The molecule has 1 heterocycles. The Morgan fingerprint density at radius 1 is 1.20 bits per heavy atom. The number of rotatable bonds is 2. The molecule has 0 spiro atoms. The average Bonchev–Trinajstić information content (AvgIpc) is 2.74. The highest BCUT2D eigenvalue weighted by molar-refractivity contribution is 9.09. The molecule has 0 saturated carbocycles. The Labute approximate surface area is 106 Å². The Kier molecular flexibility index (Phi) is 3.39. The van der Waals surface area contributed by atoms with Crippen LogP contribution in [0.3, 0.4) is 0 Å². The van der Waals surface area contributed by atoms with Crippen LogP contribution >= 0.6 is 39.1 Å². The second-order valence-corrected chi connectivity index (χ2v) is 4.84. The first-order valence-corrected chi connectivity index (χ1v) is 5.97. The van der Waals surface area contributed by atoms with Crippen LogP contribution in [0.4, 0.5) is 0 Å². The molecule has 1 unspecified atom stereocenters. The molecular formula is C11H7BrCl2O. The topological polar surface area (TPSA) is 13.1 Å². The molecular weight excluding hydrogens is 299 g/mol. The summed E-state index contributed by atoms with van der Waals surface area (Å²) in [4.78, 5) is 0.00227. The molecule has 0 saturated heterocycles. The Bertz CT molecular complexity index is 454. The van der Waals surface area contributed by atoms with Crippen molar-refractivity contribution in [2.75, 3.05) is 0 Å². The number of alkyl halides is 1. The Morgan fingerprint density at radius 2 is 2.00 bits per heavy atom. The summed E-state index contributed by atoms with van der Waals surface area (Å²) >= 11 is 15.6. The third-order valence-electron chi connectivity index (χ3n) is 2.07. The summed E-state index contributed by atoms with van der Waals surface area (Å²) in [6.45, 7) is 0. The molecule has 0 amide bonds. The summed E-state index contributed by atoms with van der Waals surface area (Å²) < 4.78 is 5.02. The average molecular weight is 306 g/mol. The first-order valence-electron chi connectivity index (χ1n) is 4.29. The lowest BCUT2D eigenvalue weighted by molar-refractivity contribution is 0.564. The van der Waals surface area contributed by atoms with Crippen LogP contribution in [0, 0.1) is 0 Å². The van der Waals surface area contributed by atoms with Crippen molar-refractivity contribution in [1.82, 2.24) is 0 Å². The van der Waals surface area contributed by atoms with Crippen LogP contribution in [0.15, 0.2) is 41.2 Å². The molecule has 0 fully saturated rings. The molecule has 15 heavy (non-hydrogen) atoms. The first-order chi connectivity index (χ1) is 7.18. The zero-order valence-corrected chi connectivity index (χ0v) is 10.7. The fourth-order valence-electron chi connectivity index (χ4n) is 1.31. The molecule has 0 bridgehead atoms. The second kappa shape index (κ2) is 4.60. The lowest BCUT2D eigenvalue weighted by atomic mass is 10.1. The lowest BCUT2D eigenvalue weighted by Crippen LogP contribution is -1.91. The highest BCUT2D eigenvalue weighted by Crippen LogP contribution is 2.36. The van der Waals surface area contributed by atoms with Gasteiger partial charge in [-0.25, -0.2) is 0 Å². The molecule has 78 valence electrons. The molecule has 1 aromatic heterocycles. The van der Waals surface area contributed by atoms with Crippen molar-refractivity contribution in [2.24, 2.45) is 0 Å². The van der Waals surface area contributed by atoms with E-state index < -0.39 is 0 Å². The fraction of sp³-hybridized carbons (Fsp3) is 0.0909. The van der Waals surface area contributed by atoms with Crippen molar-refractivity contribution in [3.63, 3.8) is 0 Å². The molecule has 1 aromatic carbocycles. The van der Waals surface area contributed by atoms with E-state index in [9.17, 15) is 0 Å². The zero-order chi connectivity index (χ0) is 10.8. The fourth-order valence-corrected chi connectivity index (χ4v) is 2.49. The molecule has 1 atom stereocenters. The molecule has 0 aliphatic carbocycles. The minimum absolute atomic E-state index is 0.00227. The van der Waals surface area contributed by atoms with Gasteiger partial charge in [0.15, 0.2) is 0 Å². The molecule has 4 heteroatoms. The van der Waals surface area contributed by atoms with Gasteiger partial charge in [0.1, 0.15) is 0 Å².